The first-order valence-electron chi connectivity index (χ1n) is 5.89. The first kappa shape index (κ1) is 20.0. The van der Waals surface area contributed by atoms with Crippen LogP contribution < -0.4 is 8.45 Å². The molecule has 132 valence electrons. The second-order valence-corrected chi connectivity index (χ2v) is 9.12. The summed E-state index contributed by atoms with van der Waals surface area (Å²) in [7, 11) is -8.98. The molecule has 0 aromatic heterocycles. The van der Waals surface area contributed by atoms with Gasteiger partial charge in [-0.05, 0) is 18.2 Å². The van der Waals surface area contributed by atoms with Gasteiger partial charge in [-0.25, -0.2) is 16.8 Å². The third-order valence-electron chi connectivity index (χ3n) is 2.42. The number of anilines is 1. The van der Waals surface area contributed by atoms with Crippen LogP contribution >= 0.6 is 15.9 Å². The van der Waals surface area contributed by atoms with Crippen molar-refractivity contribution in [3.63, 3.8) is 0 Å². The molecular weight excluding hydrogens is 427 g/mol. The predicted molar refractivity (Wildman–Crippen MR) is 82.9 cm³/mol. The van der Waals surface area contributed by atoms with Crippen molar-refractivity contribution < 1.29 is 34.7 Å². The first-order chi connectivity index (χ1) is 10.3. The van der Waals surface area contributed by atoms with Gasteiger partial charge in [-0.1, -0.05) is 15.9 Å². The van der Waals surface area contributed by atoms with Gasteiger partial charge in [-0.2, -0.15) is 16.9 Å². The summed E-state index contributed by atoms with van der Waals surface area (Å²) >= 11 is 3.04. The Morgan fingerprint density at radius 3 is 2.04 bits per heavy atom. The average molecular weight is 440 g/mol. The molecule has 0 aliphatic carbocycles. The van der Waals surface area contributed by atoms with Crippen LogP contribution in [-0.2, 0) is 26.2 Å². The van der Waals surface area contributed by atoms with Gasteiger partial charge in [-0.15, -0.1) is 0 Å². The second-order valence-electron chi connectivity index (χ2n) is 4.44. The third-order valence-corrected chi connectivity index (χ3v) is 5.97. The third kappa shape index (κ3) is 5.24. The maximum atomic E-state index is 13.2. The normalized spacial score (nSPS) is 13.0. The SMILES string of the molecule is CS(=O)(=O)N(c1ccc(OCCBr)cc1C(F)(F)F)S(C)(=O)=O. The van der Waals surface area contributed by atoms with Gasteiger partial charge in [0.2, 0.25) is 20.0 Å². The van der Waals surface area contributed by atoms with Gasteiger partial charge in [0.05, 0.1) is 30.4 Å². The summed E-state index contributed by atoms with van der Waals surface area (Å²) < 4.78 is 91.0. The molecule has 0 aliphatic rings. The van der Waals surface area contributed by atoms with Gasteiger partial charge in [0.25, 0.3) is 0 Å². The van der Waals surface area contributed by atoms with E-state index in [0.29, 0.717) is 23.9 Å². The molecule has 1 aromatic rings. The molecule has 0 unspecified atom stereocenters. The number of sulfonamides is 2. The molecule has 0 saturated carbocycles. The van der Waals surface area contributed by atoms with Crippen molar-refractivity contribution in [2.75, 3.05) is 28.2 Å². The number of halogens is 4. The topological polar surface area (TPSA) is 80.8 Å². The van der Waals surface area contributed by atoms with Crippen molar-refractivity contribution in [2.24, 2.45) is 0 Å². The van der Waals surface area contributed by atoms with E-state index in [9.17, 15) is 30.0 Å². The monoisotopic (exact) mass is 439 g/mol. The molecule has 12 heteroatoms. The Bertz CT molecular complexity index is 745. The van der Waals surface area contributed by atoms with E-state index in [0.717, 1.165) is 12.1 Å². The molecule has 0 heterocycles. The molecule has 0 bridgehead atoms. The number of nitrogens with zero attached hydrogens (tertiary/aromatic N) is 1. The quantitative estimate of drug-likeness (QED) is 0.634. The Labute approximate surface area is 140 Å². The van der Waals surface area contributed by atoms with Crippen LogP contribution in [0.2, 0.25) is 0 Å². The van der Waals surface area contributed by atoms with Gasteiger partial charge >= 0.3 is 6.18 Å². The largest absolute Gasteiger partial charge is 0.493 e. The minimum atomic E-state index is -4.98. The van der Waals surface area contributed by atoms with E-state index in [4.69, 9.17) is 4.74 Å². The molecule has 0 fully saturated rings. The first-order valence-corrected chi connectivity index (χ1v) is 10.7. The minimum absolute atomic E-state index is 0.0819. The fourth-order valence-corrected chi connectivity index (χ4v) is 4.91. The van der Waals surface area contributed by atoms with Crippen LogP contribution in [0.5, 0.6) is 5.75 Å². The Hall–Kier alpha value is -1.01. The summed E-state index contributed by atoms with van der Waals surface area (Å²) in [6.07, 6.45) is -3.97. The highest BCUT2D eigenvalue weighted by Gasteiger charge is 2.40. The van der Waals surface area contributed by atoms with Crippen LogP contribution in [0, 0.1) is 0 Å². The lowest BCUT2D eigenvalue weighted by Gasteiger charge is -2.24. The fourth-order valence-electron chi connectivity index (χ4n) is 1.75. The standard InChI is InChI=1S/C11H13BrF3NO5S2/c1-22(17,18)16(23(2,19)20)10-4-3-8(21-6-5-12)7-9(10)11(13,14)15/h3-4,7H,5-6H2,1-2H3. The molecule has 0 spiro atoms. The number of hydrogen-bond donors (Lipinski definition) is 0. The Morgan fingerprint density at radius 1 is 1.13 bits per heavy atom. The lowest BCUT2D eigenvalue weighted by Crippen LogP contribution is -2.36. The number of rotatable bonds is 6. The van der Waals surface area contributed by atoms with Gasteiger partial charge in [0, 0.05) is 5.33 Å². The molecule has 23 heavy (non-hydrogen) atoms. The van der Waals surface area contributed by atoms with E-state index in [2.05, 4.69) is 15.9 Å². The van der Waals surface area contributed by atoms with Crippen molar-refractivity contribution in [1.82, 2.24) is 0 Å². The van der Waals surface area contributed by atoms with E-state index in [1.807, 2.05) is 0 Å². The van der Waals surface area contributed by atoms with Gasteiger partial charge in [0.1, 0.15) is 5.75 Å². The van der Waals surface area contributed by atoms with E-state index >= 15 is 0 Å². The molecular formula is C11H13BrF3NO5S2. The van der Waals surface area contributed by atoms with E-state index in [1.165, 1.54) is 0 Å². The van der Waals surface area contributed by atoms with Crippen LogP contribution in [0.3, 0.4) is 0 Å². The summed E-state index contributed by atoms with van der Waals surface area (Å²) in [5.41, 5.74) is -2.44. The number of ether oxygens (including phenoxy) is 1. The van der Waals surface area contributed by atoms with Crippen LogP contribution in [0.4, 0.5) is 18.9 Å². The second kappa shape index (κ2) is 6.85. The number of hydrogen-bond acceptors (Lipinski definition) is 5. The fraction of sp³-hybridized carbons (Fsp3) is 0.455. The molecule has 1 rings (SSSR count). The molecule has 0 N–H and O–H groups in total. The zero-order valence-electron chi connectivity index (χ0n) is 12.0. The maximum Gasteiger partial charge on any atom is 0.418 e. The minimum Gasteiger partial charge on any atom is -0.493 e. The van der Waals surface area contributed by atoms with Gasteiger partial charge < -0.3 is 4.74 Å². The molecule has 0 aliphatic heterocycles. The zero-order valence-corrected chi connectivity index (χ0v) is 15.2. The van der Waals surface area contributed by atoms with Crippen LogP contribution in [-0.4, -0.2) is 41.3 Å². The van der Waals surface area contributed by atoms with Crippen LogP contribution in [0.25, 0.3) is 0 Å². The van der Waals surface area contributed by atoms with Crippen molar-refractivity contribution in [3.8, 4) is 5.75 Å². The Morgan fingerprint density at radius 2 is 1.65 bits per heavy atom. The highest BCUT2D eigenvalue weighted by Crippen LogP contribution is 2.40. The highest BCUT2D eigenvalue weighted by atomic mass is 79.9. The predicted octanol–water partition coefficient (Wildman–Crippen LogP) is 2.20. The van der Waals surface area contributed by atoms with E-state index in [-0.39, 0.29) is 16.1 Å². The maximum absolute atomic E-state index is 13.2. The molecule has 1 aromatic carbocycles. The summed E-state index contributed by atoms with van der Waals surface area (Å²) in [4.78, 5) is 0. The molecule has 0 radical (unpaired) electrons. The summed E-state index contributed by atoms with van der Waals surface area (Å²) in [6, 6.07) is 2.37. The summed E-state index contributed by atoms with van der Waals surface area (Å²) in [5.74, 6) is -0.164. The van der Waals surface area contributed by atoms with Crippen LogP contribution in [0.15, 0.2) is 18.2 Å². The highest BCUT2D eigenvalue weighted by molar-refractivity contribution is 9.09. The van der Waals surface area contributed by atoms with Gasteiger partial charge in [0.15, 0.2) is 0 Å². The van der Waals surface area contributed by atoms with Gasteiger partial charge in [-0.3, -0.25) is 0 Å². The van der Waals surface area contributed by atoms with Crippen LogP contribution in [0.1, 0.15) is 5.56 Å². The van der Waals surface area contributed by atoms with Crippen molar-refractivity contribution >= 4 is 41.7 Å². The molecule has 0 saturated heterocycles. The smallest absolute Gasteiger partial charge is 0.418 e. The molecule has 0 atom stereocenters. The van der Waals surface area contributed by atoms with Crippen molar-refractivity contribution in [1.29, 1.82) is 0 Å². The Kier molecular flexibility index (Phi) is 5.97. The van der Waals surface area contributed by atoms with Crippen molar-refractivity contribution in [2.45, 2.75) is 6.18 Å². The summed E-state index contributed by atoms with van der Waals surface area (Å²) in [5, 5.41) is 0.370. The Balaban J connectivity index is 3.62. The zero-order chi connectivity index (χ0) is 18.1. The average Bonchev–Trinajstić information content (AvgIpc) is 2.32. The van der Waals surface area contributed by atoms with E-state index in [1.54, 1.807) is 0 Å². The van der Waals surface area contributed by atoms with E-state index < -0.39 is 37.5 Å². The number of benzene rings is 1. The molecule has 6 nitrogen and oxygen atoms in total. The lowest BCUT2D eigenvalue weighted by molar-refractivity contribution is -0.137. The molecule has 0 amide bonds. The lowest BCUT2D eigenvalue weighted by atomic mass is 10.1. The van der Waals surface area contributed by atoms with Crippen molar-refractivity contribution in [3.05, 3.63) is 23.8 Å². The summed E-state index contributed by atoms with van der Waals surface area (Å²) in [6.45, 7) is 0.0819. The number of alkyl halides is 4.